The second kappa shape index (κ2) is 5.57. The van der Waals surface area contributed by atoms with Crippen molar-refractivity contribution in [3.8, 4) is 0 Å². The third kappa shape index (κ3) is 2.69. The van der Waals surface area contributed by atoms with Crippen LogP contribution in [0.2, 0.25) is 5.02 Å². The van der Waals surface area contributed by atoms with Crippen molar-refractivity contribution in [2.45, 2.75) is 32.9 Å². The molecule has 0 aliphatic carbocycles. The van der Waals surface area contributed by atoms with Crippen molar-refractivity contribution in [2.75, 3.05) is 20.3 Å². The van der Waals surface area contributed by atoms with Crippen molar-refractivity contribution in [3.05, 3.63) is 16.9 Å². The lowest BCUT2D eigenvalue weighted by molar-refractivity contribution is -0.0631. The topological polar surface area (TPSA) is 73.3 Å². The lowest BCUT2D eigenvalue weighted by Gasteiger charge is -2.39. The van der Waals surface area contributed by atoms with Gasteiger partial charge < -0.3 is 15.6 Å². The maximum Gasteiger partial charge on any atom is 0.125 e. The van der Waals surface area contributed by atoms with Gasteiger partial charge in [0.25, 0.3) is 0 Å². The third-order valence-electron chi connectivity index (χ3n) is 3.23. The van der Waals surface area contributed by atoms with Crippen LogP contribution in [-0.4, -0.2) is 35.1 Å². The summed E-state index contributed by atoms with van der Waals surface area (Å²) in [5.74, 6) is 0. The first-order chi connectivity index (χ1) is 8.28. The molecule has 6 heteroatoms. The van der Waals surface area contributed by atoms with Crippen molar-refractivity contribution in [3.63, 3.8) is 0 Å². The van der Waals surface area contributed by atoms with Crippen LogP contribution in [0.25, 0.3) is 0 Å². The molecule has 1 aromatic heterocycles. The highest BCUT2D eigenvalue weighted by Crippen LogP contribution is 2.41. The molecule has 0 saturated heterocycles. The lowest BCUT2D eigenvalue weighted by Crippen LogP contribution is -2.48. The molecule has 0 saturated carbocycles. The summed E-state index contributed by atoms with van der Waals surface area (Å²) < 4.78 is 6.68. The largest absolute Gasteiger partial charge is 0.383 e. The first-order valence-electron chi connectivity index (χ1n) is 5.91. The quantitative estimate of drug-likeness (QED) is 0.851. The number of nitrogens with two attached hydrogens (primary N) is 1. The van der Waals surface area contributed by atoms with Crippen LogP contribution in [0.4, 0.5) is 0 Å². The lowest BCUT2D eigenvalue weighted by atomic mass is 9.74. The SMILES string of the molecule is COCCn1ncc(Cl)c1C(O)(CN)C(C)(C)C. The maximum atomic E-state index is 10.9. The summed E-state index contributed by atoms with van der Waals surface area (Å²) in [5, 5.41) is 15.5. The molecule has 1 rings (SSSR count). The van der Waals surface area contributed by atoms with E-state index in [1.807, 2.05) is 20.8 Å². The molecule has 3 N–H and O–H groups in total. The van der Waals surface area contributed by atoms with E-state index in [-0.39, 0.29) is 6.54 Å². The summed E-state index contributed by atoms with van der Waals surface area (Å²) in [6.45, 7) is 6.86. The van der Waals surface area contributed by atoms with Crippen molar-refractivity contribution in [1.29, 1.82) is 0 Å². The van der Waals surface area contributed by atoms with E-state index in [1.54, 1.807) is 11.8 Å². The van der Waals surface area contributed by atoms with Crippen molar-refractivity contribution < 1.29 is 9.84 Å². The van der Waals surface area contributed by atoms with Crippen LogP contribution in [0.15, 0.2) is 6.20 Å². The molecule has 1 heterocycles. The first kappa shape index (κ1) is 15.4. The van der Waals surface area contributed by atoms with Crippen molar-refractivity contribution in [1.82, 2.24) is 9.78 Å². The zero-order chi connectivity index (χ0) is 14.0. The van der Waals surface area contributed by atoms with Gasteiger partial charge in [0, 0.05) is 13.7 Å². The molecule has 0 aromatic carbocycles. The average molecular weight is 276 g/mol. The Morgan fingerprint density at radius 3 is 2.56 bits per heavy atom. The van der Waals surface area contributed by atoms with Gasteiger partial charge in [-0.15, -0.1) is 0 Å². The summed E-state index contributed by atoms with van der Waals surface area (Å²) >= 11 is 6.15. The van der Waals surface area contributed by atoms with Gasteiger partial charge in [0.2, 0.25) is 0 Å². The van der Waals surface area contributed by atoms with E-state index in [2.05, 4.69) is 5.10 Å². The second-order valence-electron chi connectivity index (χ2n) is 5.37. The molecule has 1 atom stereocenters. The van der Waals surface area contributed by atoms with Gasteiger partial charge >= 0.3 is 0 Å². The summed E-state index contributed by atoms with van der Waals surface area (Å²) in [5.41, 5.74) is 4.65. The predicted octanol–water partition coefficient (Wildman–Crippen LogP) is 1.38. The van der Waals surface area contributed by atoms with E-state index in [1.165, 1.54) is 6.20 Å². The number of rotatable bonds is 5. The van der Waals surface area contributed by atoms with Crippen LogP contribution in [0.3, 0.4) is 0 Å². The van der Waals surface area contributed by atoms with Crippen LogP contribution in [-0.2, 0) is 16.9 Å². The summed E-state index contributed by atoms with van der Waals surface area (Å²) in [4.78, 5) is 0. The van der Waals surface area contributed by atoms with Crippen LogP contribution < -0.4 is 5.73 Å². The molecule has 18 heavy (non-hydrogen) atoms. The highest BCUT2D eigenvalue weighted by atomic mass is 35.5. The fourth-order valence-corrected chi connectivity index (χ4v) is 2.18. The fraction of sp³-hybridized carbons (Fsp3) is 0.750. The van der Waals surface area contributed by atoms with Gasteiger partial charge in [-0.2, -0.15) is 5.10 Å². The molecule has 0 spiro atoms. The number of hydrogen-bond acceptors (Lipinski definition) is 4. The zero-order valence-electron chi connectivity index (χ0n) is 11.4. The summed E-state index contributed by atoms with van der Waals surface area (Å²) in [6.07, 6.45) is 1.53. The van der Waals surface area contributed by atoms with Crippen LogP contribution in [0, 0.1) is 5.41 Å². The summed E-state index contributed by atoms with van der Waals surface area (Å²) in [6, 6.07) is 0. The Balaban J connectivity index is 3.24. The normalized spacial score (nSPS) is 15.7. The van der Waals surface area contributed by atoms with Crippen molar-refractivity contribution in [2.24, 2.45) is 11.1 Å². The van der Waals surface area contributed by atoms with Crippen LogP contribution >= 0.6 is 11.6 Å². The molecule has 0 fully saturated rings. The maximum absolute atomic E-state index is 10.9. The Hall–Kier alpha value is -0.620. The van der Waals surface area contributed by atoms with Gasteiger partial charge in [0.15, 0.2) is 0 Å². The predicted molar refractivity (Wildman–Crippen MR) is 71.5 cm³/mol. The minimum atomic E-state index is -1.23. The molecule has 0 aliphatic heterocycles. The minimum absolute atomic E-state index is 0.0783. The molecular weight excluding hydrogens is 254 g/mol. The monoisotopic (exact) mass is 275 g/mol. The highest BCUT2D eigenvalue weighted by molar-refractivity contribution is 6.31. The molecule has 0 amide bonds. The minimum Gasteiger partial charge on any atom is -0.383 e. The van der Waals surface area contributed by atoms with E-state index < -0.39 is 11.0 Å². The van der Waals surface area contributed by atoms with Gasteiger partial charge in [0.1, 0.15) is 5.60 Å². The molecule has 1 aromatic rings. The second-order valence-corrected chi connectivity index (χ2v) is 5.78. The van der Waals surface area contributed by atoms with Gasteiger partial charge in [-0.05, 0) is 5.41 Å². The Labute approximate surface area is 113 Å². The van der Waals surface area contributed by atoms with Gasteiger partial charge in [-0.1, -0.05) is 32.4 Å². The Kier molecular flexibility index (Phi) is 4.78. The zero-order valence-corrected chi connectivity index (χ0v) is 12.2. The number of hydrogen-bond donors (Lipinski definition) is 2. The third-order valence-corrected chi connectivity index (χ3v) is 3.51. The van der Waals surface area contributed by atoms with Crippen LogP contribution in [0.1, 0.15) is 26.5 Å². The highest BCUT2D eigenvalue weighted by Gasteiger charge is 2.44. The fourth-order valence-electron chi connectivity index (χ4n) is 1.88. The van der Waals surface area contributed by atoms with Crippen LogP contribution in [0.5, 0.6) is 0 Å². The van der Waals surface area contributed by atoms with Gasteiger partial charge in [-0.25, -0.2) is 0 Å². The Morgan fingerprint density at radius 2 is 2.11 bits per heavy atom. The van der Waals surface area contributed by atoms with Gasteiger partial charge in [-0.3, -0.25) is 4.68 Å². The number of methoxy groups -OCH3 is 1. The van der Waals surface area contributed by atoms with Crippen molar-refractivity contribution >= 4 is 11.6 Å². The Bertz CT molecular complexity index is 401. The van der Waals surface area contributed by atoms with E-state index >= 15 is 0 Å². The first-order valence-corrected chi connectivity index (χ1v) is 6.29. The van der Waals surface area contributed by atoms with E-state index in [0.29, 0.717) is 23.9 Å². The number of halogens is 1. The van der Waals surface area contributed by atoms with E-state index in [9.17, 15) is 5.11 Å². The summed E-state index contributed by atoms with van der Waals surface area (Å²) in [7, 11) is 1.61. The number of aliphatic hydroxyl groups is 1. The number of nitrogens with zero attached hydrogens (tertiary/aromatic N) is 2. The molecule has 1 unspecified atom stereocenters. The number of aromatic nitrogens is 2. The smallest absolute Gasteiger partial charge is 0.125 e. The van der Waals surface area contributed by atoms with E-state index in [0.717, 1.165) is 0 Å². The Morgan fingerprint density at radius 1 is 1.50 bits per heavy atom. The molecule has 5 nitrogen and oxygen atoms in total. The number of ether oxygens (including phenoxy) is 1. The standard InChI is InChI=1S/C12H22ClN3O2/c1-11(2,3)12(17,8-14)10-9(13)7-15-16(10)5-6-18-4/h7,17H,5-6,8,14H2,1-4H3. The molecule has 0 aliphatic rings. The molecular formula is C12H22ClN3O2. The molecule has 0 radical (unpaired) electrons. The van der Waals surface area contributed by atoms with E-state index in [4.69, 9.17) is 22.1 Å². The molecule has 104 valence electrons. The van der Waals surface area contributed by atoms with Gasteiger partial charge in [0.05, 0.1) is 30.1 Å². The molecule has 0 bridgehead atoms. The average Bonchev–Trinajstić information content (AvgIpc) is 2.65.